The van der Waals surface area contributed by atoms with E-state index in [1.165, 1.54) is 29.6 Å². The molecule has 0 atom stereocenters. The average molecular weight is 401 g/mol. The predicted molar refractivity (Wildman–Crippen MR) is 99.9 cm³/mol. The highest BCUT2D eigenvalue weighted by Crippen LogP contribution is 2.34. The zero-order valence-corrected chi connectivity index (χ0v) is 16.0. The quantitative estimate of drug-likeness (QED) is 0.750. The Morgan fingerprint density at radius 2 is 2.04 bits per heavy atom. The van der Waals surface area contributed by atoms with Crippen LogP contribution in [0.3, 0.4) is 0 Å². The fourth-order valence-electron chi connectivity index (χ4n) is 3.01. The van der Waals surface area contributed by atoms with E-state index in [0.717, 1.165) is 11.1 Å². The van der Waals surface area contributed by atoms with Crippen LogP contribution < -0.4 is 15.2 Å². The smallest absolute Gasteiger partial charge is 0.243 e. The third-order valence-corrected chi connectivity index (χ3v) is 6.24. The summed E-state index contributed by atoms with van der Waals surface area (Å²) in [6.07, 6.45) is -0.00149. The molecule has 1 aliphatic heterocycles. The summed E-state index contributed by atoms with van der Waals surface area (Å²) in [6.45, 7) is 0.332. The summed E-state index contributed by atoms with van der Waals surface area (Å²) < 4.78 is 38.2. The molecule has 146 valence electrons. The van der Waals surface area contributed by atoms with E-state index < -0.39 is 15.9 Å². The van der Waals surface area contributed by atoms with Crippen LogP contribution in [-0.2, 0) is 27.9 Å². The van der Waals surface area contributed by atoms with Crippen LogP contribution in [0.25, 0.3) is 0 Å². The Bertz CT molecular complexity index is 1060. The molecule has 0 unspecified atom stereocenters. The first kappa shape index (κ1) is 19.7. The summed E-state index contributed by atoms with van der Waals surface area (Å²) in [4.78, 5) is 10.9. The lowest BCUT2D eigenvalue weighted by Crippen LogP contribution is -2.25. The van der Waals surface area contributed by atoms with Crippen molar-refractivity contribution in [1.82, 2.24) is 4.31 Å². The monoisotopic (exact) mass is 401 g/mol. The third-order valence-electron chi connectivity index (χ3n) is 4.45. The summed E-state index contributed by atoms with van der Waals surface area (Å²) in [7, 11) is -2.39. The highest BCUT2D eigenvalue weighted by atomic mass is 32.2. The number of methoxy groups -OCH3 is 1. The molecule has 0 saturated heterocycles. The second kappa shape index (κ2) is 7.88. The number of primary amides is 1. The number of fused-ring (bicyclic) bond motifs is 1. The van der Waals surface area contributed by atoms with Gasteiger partial charge >= 0.3 is 0 Å². The van der Waals surface area contributed by atoms with Crippen molar-refractivity contribution in [3.63, 3.8) is 0 Å². The number of rotatable bonds is 7. The van der Waals surface area contributed by atoms with Crippen LogP contribution >= 0.6 is 0 Å². The number of benzene rings is 2. The first-order chi connectivity index (χ1) is 13.4. The van der Waals surface area contributed by atoms with Gasteiger partial charge in [0.2, 0.25) is 15.9 Å². The van der Waals surface area contributed by atoms with Crippen molar-refractivity contribution in [3.05, 3.63) is 53.1 Å². The van der Waals surface area contributed by atoms with Gasteiger partial charge in [0.15, 0.2) is 11.5 Å². The molecule has 2 aromatic rings. The number of nitriles is 1. The van der Waals surface area contributed by atoms with Crippen molar-refractivity contribution in [2.24, 2.45) is 5.73 Å². The Morgan fingerprint density at radius 1 is 1.25 bits per heavy atom. The van der Waals surface area contributed by atoms with Gasteiger partial charge in [0.05, 0.1) is 36.7 Å². The van der Waals surface area contributed by atoms with Crippen molar-refractivity contribution in [2.45, 2.75) is 24.4 Å². The van der Waals surface area contributed by atoms with Crippen molar-refractivity contribution < 1.29 is 22.7 Å². The number of nitrogens with two attached hydrogens (primary N) is 1. The predicted octanol–water partition coefficient (Wildman–Crippen LogP) is 1.53. The van der Waals surface area contributed by atoms with E-state index in [9.17, 15) is 18.5 Å². The maximum atomic E-state index is 13.1. The molecule has 0 saturated carbocycles. The average Bonchev–Trinajstić information content (AvgIpc) is 3.12. The van der Waals surface area contributed by atoms with Gasteiger partial charge in [0.25, 0.3) is 0 Å². The van der Waals surface area contributed by atoms with E-state index in [4.69, 9.17) is 15.2 Å². The number of hydrogen-bond acceptors (Lipinski definition) is 6. The summed E-state index contributed by atoms with van der Waals surface area (Å²) >= 11 is 0. The normalized spacial score (nSPS) is 13.6. The van der Waals surface area contributed by atoms with Crippen LogP contribution in [0.5, 0.6) is 11.5 Å². The SMILES string of the molecule is COc1ccc(S(=O)(=O)N2Cc3cccc(C#N)c3C2)cc1OCCC(N)=O. The molecule has 9 heteroatoms. The molecule has 0 radical (unpaired) electrons. The van der Waals surface area contributed by atoms with Gasteiger partial charge in [-0.15, -0.1) is 0 Å². The maximum absolute atomic E-state index is 13.1. The second-order valence-corrected chi connectivity index (χ2v) is 8.14. The topological polar surface area (TPSA) is 123 Å². The van der Waals surface area contributed by atoms with Crippen LogP contribution in [0.1, 0.15) is 23.1 Å². The standard InChI is InChI=1S/C19H19N3O5S/c1-26-17-6-5-15(9-18(17)27-8-7-19(21)23)28(24,25)22-11-14-4-2-3-13(10-20)16(14)12-22/h2-6,9H,7-8,11-12H2,1H3,(H2,21,23). The van der Waals surface area contributed by atoms with Crippen LogP contribution in [0.2, 0.25) is 0 Å². The number of ether oxygens (including phenoxy) is 2. The third kappa shape index (κ3) is 3.78. The number of carbonyl (C=O) groups excluding carboxylic acids is 1. The minimum atomic E-state index is -3.82. The van der Waals surface area contributed by atoms with Gasteiger partial charge in [0.1, 0.15) is 0 Å². The van der Waals surface area contributed by atoms with Crippen molar-refractivity contribution >= 4 is 15.9 Å². The maximum Gasteiger partial charge on any atom is 0.243 e. The lowest BCUT2D eigenvalue weighted by Gasteiger charge is -2.17. The zero-order valence-electron chi connectivity index (χ0n) is 15.2. The van der Waals surface area contributed by atoms with Crippen molar-refractivity contribution in [2.75, 3.05) is 13.7 Å². The lowest BCUT2D eigenvalue weighted by atomic mass is 10.1. The number of carbonyl (C=O) groups is 1. The molecule has 1 aliphatic rings. The van der Waals surface area contributed by atoms with Gasteiger partial charge in [0, 0.05) is 19.2 Å². The van der Waals surface area contributed by atoms with Gasteiger partial charge in [-0.25, -0.2) is 8.42 Å². The number of hydrogen-bond donors (Lipinski definition) is 1. The summed E-state index contributed by atoms with van der Waals surface area (Å²) in [5, 5.41) is 9.24. The summed E-state index contributed by atoms with van der Waals surface area (Å²) in [6, 6.07) is 11.6. The minimum absolute atomic E-state index is 0.00149. The van der Waals surface area contributed by atoms with Gasteiger partial charge in [-0.2, -0.15) is 9.57 Å². The first-order valence-electron chi connectivity index (χ1n) is 8.47. The van der Waals surface area contributed by atoms with Crippen molar-refractivity contribution in [3.8, 4) is 17.6 Å². The zero-order chi connectivity index (χ0) is 20.3. The summed E-state index contributed by atoms with van der Waals surface area (Å²) in [5.41, 5.74) is 7.11. The van der Waals surface area contributed by atoms with Gasteiger partial charge < -0.3 is 15.2 Å². The highest BCUT2D eigenvalue weighted by molar-refractivity contribution is 7.89. The summed E-state index contributed by atoms with van der Waals surface area (Å²) in [5.74, 6) is 0.0324. The molecule has 28 heavy (non-hydrogen) atoms. The van der Waals surface area contributed by atoms with Crippen LogP contribution in [0.15, 0.2) is 41.3 Å². The molecule has 0 bridgehead atoms. The van der Waals surface area contributed by atoms with Gasteiger partial charge in [-0.1, -0.05) is 12.1 Å². The van der Waals surface area contributed by atoms with E-state index >= 15 is 0 Å². The molecule has 0 aliphatic carbocycles. The Morgan fingerprint density at radius 3 is 2.71 bits per heavy atom. The molecule has 2 N–H and O–H groups in total. The minimum Gasteiger partial charge on any atom is -0.493 e. The molecule has 0 spiro atoms. The fraction of sp³-hybridized carbons (Fsp3) is 0.263. The first-order valence-corrected chi connectivity index (χ1v) is 9.91. The van der Waals surface area contributed by atoms with E-state index in [2.05, 4.69) is 6.07 Å². The van der Waals surface area contributed by atoms with Gasteiger partial charge in [-0.05, 0) is 29.3 Å². The van der Waals surface area contributed by atoms with Crippen LogP contribution in [0.4, 0.5) is 0 Å². The fourth-order valence-corrected chi connectivity index (χ4v) is 4.41. The van der Waals surface area contributed by atoms with E-state index in [-0.39, 0.29) is 36.8 Å². The van der Waals surface area contributed by atoms with Crippen LogP contribution in [-0.4, -0.2) is 32.3 Å². The number of nitrogens with zero attached hydrogens (tertiary/aromatic N) is 2. The molecule has 0 aromatic heterocycles. The Hall–Kier alpha value is -3.09. The molecular formula is C19H19N3O5S. The Labute approximate surface area is 163 Å². The van der Waals surface area contributed by atoms with E-state index in [0.29, 0.717) is 11.3 Å². The molecule has 3 rings (SSSR count). The second-order valence-electron chi connectivity index (χ2n) is 6.21. The Kier molecular flexibility index (Phi) is 5.53. The van der Waals surface area contributed by atoms with E-state index in [1.54, 1.807) is 12.1 Å². The number of amides is 1. The highest BCUT2D eigenvalue weighted by Gasteiger charge is 2.32. The van der Waals surface area contributed by atoms with Gasteiger partial charge in [-0.3, -0.25) is 4.79 Å². The molecule has 1 amide bonds. The molecule has 2 aromatic carbocycles. The number of sulfonamides is 1. The lowest BCUT2D eigenvalue weighted by molar-refractivity contribution is -0.118. The molecule has 1 heterocycles. The Balaban J connectivity index is 1.88. The van der Waals surface area contributed by atoms with Crippen LogP contribution in [0, 0.1) is 11.3 Å². The molecule has 8 nitrogen and oxygen atoms in total. The molecule has 0 fully saturated rings. The van der Waals surface area contributed by atoms with Crippen molar-refractivity contribution in [1.29, 1.82) is 5.26 Å². The largest absolute Gasteiger partial charge is 0.493 e. The van der Waals surface area contributed by atoms with E-state index in [1.807, 2.05) is 6.07 Å². The molecular weight excluding hydrogens is 382 g/mol.